The molecule has 0 bridgehead atoms. The fraction of sp³-hybridized carbons (Fsp3) is 0.273. The van der Waals surface area contributed by atoms with Crippen molar-refractivity contribution >= 4 is 40.1 Å². The van der Waals surface area contributed by atoms with Crippen LogP contribution in [0.25, 0.3) is 10.9 Å². The van der Waals surface area contributed by atoms with Gasteiger partial charge in [-0.05, 0) is 37.1 Å². The maximum Gasteiger partial charge on any atom is 0.303 e. The number of carbonyl (C=O) groups excluding carboxylic acids is 1. The molecular formula is C22H20ClN3O4. The zero-order valence-corrected chi connectivity index (χ0v) is 17.1. The number of benzene rings is 1. The molecule has 1 unspecified atom stereocenters. The van der Waals surface area contributed by atoms with Gasteiger partial charge < -0.3 is 9.52 Å². The molecule has 0 aliphatic carbocycles. The highest BCUT2D eigenvalue weighted by Gasteiger charge is 2.35. The molecule has 8 heteroatoms. The van der Waals surface area contributed by atoms with Crippen LogP contribution in [0, 0.1) is 6.92 Å². The Morgan fingerprint density at radius 2 is 2.10 bits per heavy atom. The van der Waals surface area contributed by atoms with Crippen molar-refractivity contribution < 1.29 is 19.1 Å². The summed E-state index contributed by atoms with van der Waals surface area (Å²) in [5, 5.41) is 16.0. The fourth-order valence-corrected chi connectivity index (χ4v) is 3.92. The van der Waals surface area contributed by atoms with E-state index in [1.807, 2.05) is 31.2 Å². The van der Waals surface area contributed by atoms with Crippen LogP contribution >= 0.6 is 11.6 Å². The number of furan rings is 1. The van der Waals surface area contributed by atoms with Gasteiger partial charge in [-0.25, -0.2) is 9.99 Å². The minimum atomic E-state index is -0.933. The number of pyridine rings is 1. The summed E-state index contributed by atoms with van der Waals surface area (Å²) in [6.07, 6.45) is 2.23. The summed E-state index contributed by atoms with van der Waals surface area (Å²) in [6.45, 7) is 1.97. The smallest absolute Gasteiger partial charge is 0.303 e. The minimum Gasteiger partial charge on any atom is -0.481 e. The highest BCUT2D eigenvalue weighted by molar-refractivity contribution is 6.30. The number of rotatable bonds is 6. The maximum absolute atomic E-state index is 12.9. The van der Waals surface area contributed by atoms with E-state index in [0.29, 0.717) is 28.6 Å². The zero-order chi connectivity index (χ0) is 21.3. The number of hydrogen-bond donors (Lipinski definition) is 1. The standard InChI is InChI=1S/C22H20ClN3O4/c1-13-5-2-6-14-11-15(22(23)24-21(13)14)17-12-16(18-7-4-10-30-18)25-26(17)19(27)8-3-9-20(28)29/h2,4-7,10-11,17H,3,8-9,12H2,1H3,(H,28,29). The lowest BCUT2D eigenvalue weighted by atomic mass is 9.99. The maximum atomic E-state index is 12.9. The van der Waals surface area contributed by atoms with E-state index in [1.165, 1.54) is 5.01 Å². The number of carboxylic acids is 1. The van der Waals surface area contributed by atoms with E-state index < -0.39 is 12.0 Å². The zero-order valence-electron chi connectivity index (χ0n) is 16.3. The third-order valence-electron chi connectivity index (χ3n) is 5.14. The second kappa shape index (κ2) is 8.28. The molecule has 0 spiro atoms. The first-order chi connectivity index (χ1) is 14.4. The molecule has 1 amide bonds. The first kappa shape index (κ1) is 20.1. The van der Waals surface area contributed by atoms with Crippen LogP contribution in [0.3, 0.4) is 0 Å². The van der Waals surface area contributed by atoms with Gasteiger partial charge in [-0.2, -0.15) is 5.10 Å². The topological polar surface area (TPSA) is 96.0 Å². The third-order valence-corrected chi connectivity index (χ3v) is 5.44. The van der Waals surface area contributed by atoms with Crippen molar-refractivity contribution in [2.45, 2.75) is 38.6 Å². The van der Waals surface area contributed by atoms with Crippen LogP contribution in [0.4, 0.5) is 0 Å². The molecule has 1 N–H and O–H groups in total. The summed E-state index contributed by atoms with van der Waals surface area (Å²) in [7, 11) is 0. The van der Waals surface area contributed by atoms with E-state index in [1.54, 1.807) is 18.4 Å². The van der Waals surface area contributed by atoms with Gasteiger partial charge in [0.25, 0.3) is 0 Å². The SMILES string of the molecule is Cc1cccc2cc(C3CC(c4ccco4)=NN3C(=O)CCCC(=O)O)c(Cl)nc12. The van der Waals surface area contributed by atoms with Crippen molar-refractivity contribution in [2.24, 2.45) is 5.10 Å². The predicted octanol–water partition coefficient (Wildman–Crippen LogP) is 4.72. The van der Waals surface area contributed by atoms with Crippen molar-refractivity contribution in [1.82, 2.24) is 9.99 Å². The van der Waals surface area contributed by atoms with Gasteiger partial charge in [0.05, 0.1) is 17.8 Å². The van der Waals surface area contributed by atoms with Crippen molar-refractivity contribution in [3.63, 3.8) is 0 Å². The Labute approximate surface area is 178 Å². The Morgan fingerprint density at radius 3 is 2.83 bits per heavy atom. The van der Waals surface area contributed by atoms with Gasteiger partial charge in [0, 0.05) is 30.2 Å². The van der Waals surface area contributed by atoms with Crippen molar-refractivity contribution in [3.8, 4) is 0 Å². The molecule has 0 saturated carbocycles. The molecule has 2 aromatic heterocycles. The Balaban J connectivity index is 1.69. The summed E-state index contributed by atoms with van der Waals surface area (Å²) in [6, 6.07) is 10.9. The van der Waals surface area contributed by atoms with Crippen LogP contribution in [0.2, 0.25) is 5.15 Å². The van der Waals surface area contributed by atoms with E-state index in [0.717, 1.165) is 16.5 Å². The molecule has 30 heavy (non-hydrogen) atoms. The quantitative estimate of drug-likeness (QED) is 0.576. The lowest BCUT2D eigenvalue weighted by Crippen LogP contribution is -2.27. The van der Waals surface area contributed by atoms with E-state index in [9.17, 15) is 9.59 Å². The summed E-state index contributed by atoms with van der Waals surface area (Å²) < 4.78 is 5.46. The first-order valence-corrected chi connectivity index (χ1v) is 10.0. The van der Waals surface area contributed by atoms with Crippen molar-refractivity contribution in [2.75, 3.05) is 0 Å². The molecule has 1 aliphatic rings. The Hall–Kier alpha value is -3.19. The number of carbonyl (C=O) groups is 2. The molecule has 154 valence electrons. The van der Waals surface area contributed by atoms with Crippen molar-refractivity contribution in [1.29, 1.82) is 0 Å². The molecule has 0 saturated heterocycles. The van der Waals surface area contributed by atoms with Crippen LogP contribution in [-0.4, -0.2) is 32.7 Å². The van der Waals surface area contributed by atoms with Crippen LogP contribution in [0.5, 0.6) is 0 Å². The molecule has 0 radical (unpaired) electrons. The Morgan fingerprint density at radius 1 is 1.27 bits per heavy atom. The van der Waals surface area contributed by atoms with Crippen LogP contribution < -0.4 is 0 Å². The molecule has 1 aliphatic heterocycles. The monoisotopic (exact) mass is 425 g/mol. The third kappa shape index (κ3) is 3.93. The molecule has 7 nitrogen and oxygen atoms in total. The second-order valence-electron chi connectivity index (χ2n) is 7.24. The average molecular weight is 426 g/mol. The number of aliphatic carboxylic acids is 1. The minimum absolute atomic E-state index is 0.0729. The van der Waals surface area contributed by atoms with Crippen LogP contribution in [-0.2, 0) is 9.59 Å². The molecular weight excluding hydrogens is 406 g/mol. The number of aromatic nitrogens is 1. The average Bonchev–Trinajstić information content (AvgIpc) is 3.38. The summed E-state index contributed by atoms with van der Waals surface area (Å²) in [5.41, 5.74) is 3.17. The number of hydrogen-bond acceptors (Lipinski definition) is 5. The van der Waals surface area contributed by atoms with Gasteiger partial charge in [0.1, 0.15) is 16.6 Å². The lowest BCUT2D eigenvalue weighted by molar-refractivity contribution is -0.137. The van der Waals surface area contributed by atoms with Gasteiger partial charge in [0.2, 0.25) is 5.91 Å². The number of halogens is 1. The number of carboxylic acid groups (broad SMARTS) is 1. The number of nitrogens with zero attached hydrogens (tertiary/aromatic N) is 3. The normalized spacial score (nSPS) is 16.1. The van der Waals surface area contributed by atoms with Gasteiger partial charge >= 0.3 is 5.97 Å². The molecule has 3 heterocycles. The number of para-hydroxylation sites is 1. The van der Waals surface area contributed by atoms with E-state index in [-0.39, 0.29) is 25.2 Å². The lowest BCUT2D eigenvalue weighted by Gasteiger charge is -2.23. The first-order valence-electron chi connectivity index (χ1n) is 9.65. The fourth-order valence-electron chi connectivity index (χ4n) is 3.65. The predicted molar refractivity (Wildman–Crippen MR) is 112 cm³/mol. The molecule has 1 atom stereocenters. The highest BCUT2D eigenvalue weighted by Crippen LogP contribution is 2.38. The second-order valence-corrected chi connectivity index (χ2v) is 7.60. The van der Waals surface area contributed by atoms with Crippen LogP contribution in [0.1, 0.15) is 48.6 Å². The number of aryl methyl sites for hydroxylation is 1. The Bertz CT molecular complexity index is 1140. The Kier molecular flexibility index (Phi) is 5.55. The van der Waals surface area contributed by atoms with Crippen LogP contribution in [0.15, 0.2) is 52.2 Å². The largest absolute Gasteiger partial charge is 0.481 e. The molecule has 3 aromatic rings. The molecule has 4 rings (SSSR count). The number of hydrazone groups is 1. The van der Waals surface area contributed by atoms with E-state index >= 15 is 0 Å². The van der Waals surface area contributed by atoms with Gasteiger partial charge in [-0.15, -0.1) is 0 Å². The highest BCUT2D eigenvalue weighted by atomic mass is 35.5. The van der Waals surface area contributed by atoms with Gasteiger partial charge in [-0.3, -0.25) is 9.59 Å². The van der Waals surface area contributed by atoms with Gasteiger partial charge in [-0.1, -0.05) is 29.8 Å². The summed E-state index contributed by atoms with van der Waals surface area (Å²) >= 11 is 6.54. The summed E-state index contributed by atoms with van der Waals surface area (Å²) in [5.74, 6) is -0.609. The van der Waals surface area contributed by atoms with E-state index in [4.69, 9.17) is 21.1 Å². The van der Waals surface area contributed by atoms with Gasteiger partial charge in [0.15, 0.2) is 0 Å². The molecule has 1 aromatic carbocycles. The summed E-state index contributed by atoms with van der Waals surface area (Å²) in [4.78, 5) is 28.2. The number of amides is 1. The molecule has 0 fully saturated rings. The van der Waals surface area contributed by atoms with Crippen molar-refractivity contribution in [3.05, 3.63) is 64.7 Å². The number of fused-ring (bicyclic) bond motifs is 1. The van der Waals surface area contributed by atoms with E-state index in [2.05, 4.69) is 10.1 Å².